The van der Waals surface area contributed by atoms with Gasteiger partial charge in [-0.2, -0.15) is 0 Å². The molecule has 0 amide bonds. The Kier molecular flexibility index (Phi) is 5.47. The summed E-state index contributed by atoms with van der Waals surface area (Å²) in [6.07, 6.45) is 5.38. The molecule has 112 valence electrons. The number of nitrogens with one attached hydrogen (secondary N) is 1. The Labute approximate surface area is 123 Å². The Morgan fingerprint density at radius 3 is 2.40 bits per heavy atom. The molecule has 0 aliphatic heterocycles. The first-order valence-corrected chi connectivity index (χ1v) is 8.00. The fraction of sp³-hybridized carbons (Fsp3) is 0.667. The van der Waals surface area contributed by atoms with Gasteiger partial charge >= 0.3 is 0 Å². The second-order valence-corrected chi connectivity index (χ2v) is 6.52. The van der Waals surface area contributed by atoms with Gasteiger partial charge < -0.3 is 10.1 Å². The summed E-state index contributed by atoms with van der Waals surface area (Å²) in [5.74, 6) is 2.71. The van der Waals surface area contributed by atoms with E-state index in [-0.39, 0.29) is 0 Å². The van der Waals surface area contributed by atoms with E-state index in [9.17, 15) is 0 Å². The van der Waals surface area contributed by atoms with Gasteiger partial charge in [-0.15, -0.1) is 0 Å². The Morgan fingerprint density at radius 1 is 1.10 bits per heavy atom. The molecule has 1 aliphatic carbocycles. The maximum absolute atomic E-state index is 5.31. The van der Waals surface area contributed by atoms with E-state index in [0.29, 0.717) is 12.1 Å². The molecular formula is C18H29NO. The van der Waals surface area contributed by atoms with Gasteiger partial charge in [0.25, 0.3) is 0 Å². The van der Waals surface area contributed by atoms with E-state index in [2.05, 4.69) is 44.3 Å². The van der Waals surface area contributed by atoms with E-state index >= 15 is 0 Å². The van der Waals surface area contributed by atoms with Crippen LogP contribution in [0.4, 0.5) is 0 Å². The van der Waals surface area contributed by atoms with Gasteiger partial charge in [-0.1, -0.05) is 26.0 Å². The second kappa shape index (κ2) is 7.12. The van der Waals surface area contributed by atoms with Crippen LogP contribution in [0.1, 0.15) is 58.1 Å². The summed E-state index contributed by atoms with van der Waals surface area (Å²) in [4.78, 5) is 0. The second-order valence-electron chi connectivity index (χ2n) is 6.52. The van der Waals surface area contributed by atoms with Gasteiger partial charge in [0.1, 0.15) is 5.75 Å². The Bertz CT molecular complexity index is 408. The lowest BCUT2D eigenvalue weighted by molar-refractivity contribution is 0.231. The molecule has 1 aromatic rings. The summed E-state index contributed by atoms with van der Waals surface area (Å²) < 4.78 is 5.31. The van der Waals surface area contributed by atoms with Crippen molar-refractivity contribution in [3.8, 4) is 5.75 Å². The molecule has 0 radical (unpaired) electrons. The van der Waals surface area contributed by atoms with E-state index in [4.69, 9.17) is 4.74 Å². The number of rotatable bonds is 5. The lowest BCUT2D eigenvalue weighted by Gasteiger charge is -2.33. The third kappa shape index (κ3) is 3.99. The average molecular weight is 275 g/mol. The number of hydrogen-bond donors (Lipinski definition) is 1. The minimum absolute atomic E-state index is 0.394. The molecule has 1 aromatic carbocycles. The van der Waals surface area contributed by atoms with Crippen LogP contribution in [0.25, 0.3) is 0 Å². The lowest BCUT2D eigenvalue weighted by Crippen LogP contribution is -2.35. The summed E-state index contributed by atoms with van der Waals surface area (Å²) in [5, 5.41) is 3.79. The minimum atomic E-state index is 0.394. The largest absolute Gasteiger partial charge is 0.497 e. The average Bonchev–Trinajstić information content (AvgIpc) is 2.47. The van der Waals surface area contributed by atoms with Crippen LogP contribution in [0.15, 0.2) is 24.3 Å². The van der Waals surface area contributed by atoms with Crippen molar-refractivity contribution in [1.82, 2.24) is 5.32 Å². The molecule has 1 atom stereocenters. The van der Waals surface area contributed by atoms with Crippen LogP contribution in [0.2, 0.25) is 0 Å². The van der Waals surface area contributed by atoms with Crippen LogP contribution >= 0.6 is 0 Å². The highest BCUT2D eigenvalue weighted by atomic mass is 16.5. The number of hydrogen-bond acceptors (Lipinski definition) is 2. The Morgan fingerprint density at radius 2 is 1.80 bits per heavy atom. The standard InChI is InChI=1S/C18H29NO/c1-13(2)15-8-10-17(11-9-15)19-14(3)16-6-5-7-18(12-16)20-4/h5-7,12-15,17,19H,8-11H2,1-4H3/t14-,15?,17?/m0/s1. The van der Waals surface area contributed by atoms with Crippen molar-refractivity contribution < 1.29 is 4.74 Å². The minimum Gasteiger partial charge on any atom is -0.497 e. The third-order valence-corrected chi connectivity index (χ3v) is 4.79. The summed E-state index contributed by atoms with van der Waals surface area (Å²) in [7, 11) is 1.73. The van der Waals surface area contributed by atoms with Crippen LogP contribution in [0.3, 0.4) is 0 Å². The van der Waals surface area contributed by atoms with Crippen molar-refractivity contribution in [2.24, 2.45) is 11.8 Å². The van der Waals surface area contributed by atoms with Crippen LogP contribution in [-0.4, -0.2) is 13.2 Å². The SMILES string of the molecule is COc1cccc([C@H](C)NC2CCC(C(C)C)CC2)c1. The molecule has 1 saturated carbocycles. The monoisotopic (exact) mass is 275 g/mol. The van der Waals surface area contributed by atoms with Gasteiger partial charge in [0.05, 0.1) is 7.11 Å². The molecule has 0 bridgehead atoms. The number of methoxy groups -OCH3 is 1. The topological polar surface area (TPSA) is 21.3 Å². The number of benzene rings is 1. The van der Waals surface area contributed by atoms with Crippen LogP contribution < -0.4 is 10.1 Å². The highest BCUT2D eigenvalue weighted by Crippen LogP contribution is 2.31. The van der Waals surface area contributed by atoms with Gasteiger partial charge in [-0.05, 0) is 62.1 Å². The van der Waals surface area contributed by atoms with Crippen LogP contribution in [-0.2, 0) is 0 Å². The molecule has 1 aliphatic rings. The van der Waals surface area contributed by atoms with E-state index in [1.165, 1.54) is 31.2 Å². The highest BCUT2D eigenvalue weighted by molar-refractivity contribution is 5.30. The van der Waals surface area contributed by atoms with Gasteiger partial charge in [0, 0.05) is 12.1 Å². The van der Waals surface area contributed by atoms with E-state index in [1.807, 2.05) is 6.07 Å². The quantitative estimate of drug-likeness (QED) is 0.850. The van der Waals surface area contributed by atoms with E-state index in [0.717, 1.165) is 17.6 Å². The summed E-state index contributed by atoms with van der Waals surface area (Å²) in [6, 6.07) is 9.46. The molecule has 2 nitrogen and oxygen atoms in total. The van der Waals surface area contributed by atoms with Crippen molar-refractivity contribution in [3.63, 3.8) is 0 Å². The van der Waals surface area contributed by atoms with Crippen molar-refractivity contribution in [2.75, 3.05) is 7.11 Å². The van der Waals surface area contributed by atoms with Gasteiger partial charge in [0.15, 0.2) is 0 Å². The van der Waals surface area contributed by atoms with Crippen molar-refractivity contribution in [3.05, 3.63) is 29.8 Å². The van der Waals surface area contributed by atoms with Gasteiger partial charge in [-0.25, -0.2) is 0 Å². The molecule has 0 unspecified atom stereocenters. The smallest absolute Gasteiger partial charge is 0.119 e. The maximum Gasteiger partial charge on any atom is 0.119 e. The fourth-order valence-corrected chi connectivity index (χ4v) is 3.31. The van der Waals surface area contributed by atoms with Crippen molar-refractivity contribution in [1.29, 1.82) is 0 Å². The zero-order valence-electron chi connectivity index (χ0n) is 13.4. The first-order chi connectivity index (χ1) is 9.60. The lowest BCUT2D eigenvalue weighted by atomic mass is 9.79. The molecule has 0 saturated heterocycles. The first kappa shape index (κ1) is 15.4. The van der Waals surface area contributed by atoms with E-state index < -0.39 is 0 Å². The molecule has 0 spiro atoms. The van der Waals surface area contributed by atoms with Crippen LogP contribution in [0.5, 0.6) is 5.75 Å². The van der Waals surface area contributed by atoms with Gasteiger partial charge in [-0.3, -0.25) is 0 Å². The molecule has 2 heteroatoms. The van der Waals surface area contributed by atoms with Gasteiger partial charge in [0.2, 0.25) is 0 Å². The zero-order chi connectivity index (χ0) is 14.5. The highest BCUT2D eigenvalue weighted by Gasteiger charge is 2.24. The Balaban J connectivity index is 1.87. The summed E-state index contributed by atoms with van der Waals surface area (Å²) >= 11 is 0. The predicted octanol–water partition coefficient (Wildman–Crippen LogP) is 4.56. The van der Waals surface area contributed by atoms with E-state index in [1.54, 1.807) is 7.11 Å². The summed E-state index contributed by atoms with van der Waals surface area (Å²) in [5.41, 5.74) is 1.32. The molecule has 2 rings (SSSR count). The van der Waals surface area contributed by atoms with Crippen molar-refractivity contribution >= 4 is 0 Å². The normalized spacial score (nSPS) is 24.6. The third-order valence-electron chi connectivity index (χ3n) is 4.79. The zero-order valence-corrected chi connectivity index (χ0v) is 13.4. The first-order valence-electron chi connectivity index (χ1n) is 8.00. The van der Waals surface area contributed by atoms with Crippen molar-refractivity contribution in [2.45, 2.75) is 58.5 Å². The molecule has 1 fully saturated rings. The van der Waals surface area contributed by atoms with Crippen LogP contribution in [0, 0.1) is 11.8 Å². The molecule has 0 heterocycles. The molecule has 0 aromatic heterocycles. The summed E-state index contributed by atoms with van der Waals surface area (Å²) in [6.45, 7) is 6.97. The molecular weight excluding hydrogens is 246 g/mol. The number of ether oxygens (including phenoxy) is 1. The molecule has 20 heavy (non-hydrogen) atoms. The fourth-order valence-electron chi connectivity index (χ4n) is 3.31. The predicted molar refractivity (Wildman–Crippen MR) is 85.1 cm³/mol. The molecule has 1 N–H and O–H groups in total. The Hall–Kier alpha value is -1.02. The maximum atomic E-state index is 5.31.